The van der Waals surface area contributed by atoms with Crippen LogP contribution in [0.4, 0.5) is 0 Å². The van der Waals surface area contributed by atoms with Crippen LogP contribution in [0.3, 0.4) is 0 Å². The summed E-state index contributed by atoms with van der Waals surface area (Å²) in [6.07, 6.45) is 0.944. The SMILES string of the molecule is C=C.CC(C)(C)c1cc2c([c-]c1-c1ccccc1)Cc1cc(-c3ccccc3)c(C(C)(C)C)cc1-2.Cc1cc(C(C)(C)C)c[cH-]1.[Cl-].[Cl-].[Hf+4]. The van der Waals surface area contributed by atoms with Gasteiger partial charge in [-0.1, -0.05) is 164 Å². The normalized spacial score (nSPS) is 11.5. The Morgan fingerprint density at radius 3 is 1.54 bits per heavy atom. The van der Waals surface area contributed by atoms with Gasteiger partial charge < -0.3 is 24.8 Å². The van der Waals surface area contributed by atoms with Crippen LogP contribution in [0.25, 0.3) is 33.4 Å². The number of aryl methyl sites for hydroxylation is 1. The molecule has 0 amide bonds. The molecule has 48 heavy (non-hydrogen) atoms. The summed E-state index contributed by atoms with van der Waals surface area (Å²) in [6.45, 7) is 28.7. The number of benzene rings is 4. The zero-order valence-electron chi connectivity index (χ0n) is 30.6. The standard InChI is InChI=1S/C33H33.C10H15.C2H4.2ClH.Hf/c1-32(2,3)30-20-26-24(18-28(30)22-13-9-7-10-14-22)17-25-19-29(23-15-11-8-12-16-23)31(21-27(25)26)33(4,5)6;1-8-5-6-9(7-8)10(2,3)4;1-2;;;/h7-16,18,20-21H,17H2,1-6H3;5-7H,1-4H3;1-2H2;2*1H;/q2*-1;;;;+4/p-2. The van der Waals surface area contributed by atoms with Crippen molar-refractivity contribution in [3.8, 4) is 33.4 Å². The Morgan fingerprint density at radius 2 is 1.10 bits per heavy atom. The molecule has 0 unspecified atom stereocenters. The molecule has 0 aromatic heterocycles. The van der Waals surface area contributed by atoms with Crippen molar-refractivity contribution in [2.24, 2.45) is 0 Å². The molecule has 0 saturated heterocycles. The van der Waals surface area contributed by atoms with E-state index in [1.54, 1.807) is 0 Å². The summed E-state index contributed by atoms with van der Waals surface area (Å²) in [4.78, 5) is 0. The molecule has 0 radical (unpaired) electrons. The summed E-state index contributed by atoms with van der Waals surface area (Å²) in [5.74, 6) is 0. The first kappa shape index (κ1) is 43.4. The van der Waals surface area contributed by atoms with E-state index in [1.165, 1.54) is 66.8 Å². The fourth-order valence-electron chi connectivity index (χ4n) is 6.13. The van der Waals surface area contributed by atoms with Gasteiger partial charge in [0.25, 0.3) is 0 Å². The van der Waals surface area contributed by atoms with Crippen LogP contribution in [-0.2, 0) is 48.5 Å². The predicted molar refractivity (Wildman–Crippen MR) is 199 cm³/mol. The molecule has 0 saturated carbocycles. The molecule has 5 aromatic carbocycles. The van der Waals surface area contributed by atoms with E-state index in [-0.39, 0.29) is 61.5 Å². The third-order valence-electron chi connectivity index (χ3n) is 8.60. The van der Waals surface area contributed by atoms with Gasteiger partial charge in [0.1, 0.15) is 0 Å². The Bertz CT molecular complexity index is 1640. The number of fused-ring (bicyclic) bond motifs is 3. The summed E-state index contributed by atoms with van der Waals surface area (Å²) >= 11 is 0. The van der Waals surface area contributed by atoms with E-state index in [4.69, 9.17) is 0 Å². The number of hydrogen-bond acceptors (Lipinski definition) is 0. The van der Waals surface area contributed by atoms with E-state index in [9.17, 15) is 0 Å². The maximum Gasteiger partial charge on any atom is 4.00 e. The maximum atomic E-state index is 3.88. The van der Waals surface area contributed by atoms with Crippen molar-refractivity contribution < 1.29 is 50.7 Å². The van der Waals surface area contributed by atoms with Crippen LogP contribution in [0.2, 0.25) is 0 Å². The van der Waals surface area contributed by atoms with Crippen LogP contribution in [0.5, 0.6) is 0 Å². The van der Waals surface area contributed by atoms with Gasteiger partial charge in [-0.15, -0.1) is 42.0 Å². The molecule has 0 atom stereocenters. The average Bonchev–Trinajstić information content (AvgIpc) is 3.60. The average molecular weight is 842 g/mol. The van der Waals surface area contributed by atoms with E-state index in [0.717, 1.165) is 6.42 Å². The minimum atomic E-state index is 0. The monoisotopic (exact) mass is 842 g/mol. The molecule has 0 nitrogen and oxygen atoms in total. The molecule has 0 aliphatic heterocycles. The minimum Gasteiger partial charge on any atom is -1.00 e. The van der Waals surface area contributed by atoms with Gasteiger partial charge in [-0.05, 0) is 39.5 Å². The van der Waals surface area contributed by atoms with Gasteiger partial charge in [-0.3, -0.25) is 0 Å². The van der Waals surface area contributed by atoms with Gasteiger partial charge in [0.05, 0.1) is 0 Å². The largest absolute Gasteiger partial charge is 4.00 e. The van der Waals surface area contributed by atoms with E-state index in [1.807, 2.05) is 0 Å². The number of hydrogen-bond donors (Lipinski definition) is 0. The molecular weight excluding hydrogens is 790 g/mol. The first-order valence-corrected chi connectivity index (χ1v) is 16.2. The van der Waals surface area contributed by atoms with E-state index < -0.39 is 0 Å². The molecule has 6 rings (SSSR count). The van der Waals surface area contributed by atoms with Gasteiger partial charge in [0.15, 0.2) is 0 Å². The summed E-state index contributed by atoms with van der Waals surface area (Å²) < 4.78 is 0. The molecule has 0 fully saturated rings. The first-order valence-electron chi connectivity index (χ1n) is 16.2. The molecule has 0 spiro atoms. The molecule has 0 N–H and O–H groups in total. The van der Waals surface area contributed by atoms with Crippen molar-refractivity contribution in [3.05, 3.63) is 150 Å². The van der Waals surface area contributed by atoms with E-state index >= 15 is 0 Å². The van der Waals surface area contributed by atoms with Crippen molar-refractivity contribution >= 4 is 0 Å². The summed E-state index contributed by atoms with van der Waals surface area (Å²) in [5.41, 5.74) is 16.6. The summed E-state index contributed by atoms with van der Waals surface area (Å²) in [6, 6.07) is 39.5. The van der Waals surface area contributed by atoms with Crippen LogP contribution >= 0.6 is 0 Å². The van der Waals surface area contributed by atoms with Crippen LogP contribution in [-0.4, -0.2) is 0 Å². The van der Waals surface area contributed by atoms with Crippen molar-refractivity contribution in [2.75, 3.05) is 0 Å². The minimum absolute atomic E-state index is 0. The summed E-state index contributed by atoms with van der Waals surface area (Å²) in [7, 11) is 0. The molecule has 1 aliphatic carbocycles. The maximum absolute atomic E-state index is 3.88. The third-order valence-corrected chi connectivity index (χ3v) is 8.60. The first-order chi connectivity index (χ1) is 21.1. The Balaban J connectivity index is 0.000000660. The van der Waals surface area contributed by atoms with Gasteiger partial charge in [0.2, 0.25) is 0 Å². The number of halogens is 2. The number of rotatable bonds is 2. The second kappa shape index (κ2) is 17.4. The van der Waals surface area contributed by atoms with E-state index in [2.05, 4.69) is 186 Å². The van der Waals surface area contributed by atoms with Crippen LogP contribution in [0, 0.1) is 13.0 Å². The van der Waals surface area contributed by atoms with Crippen LogP contribution in [0.15, 0.2) is 110 Å². The molecule has 0 bridgehead atoms. The molecule has 5 aromatic rings. The van der Waals surface area contributed by atoms with Crippen LogP contribution < -0.4 is 24.8 Å². The van der Waals surface area contributed by atoms with E-state index in [0.29, 0.717) is 5.41 Å². The van der Waals surface area contributed by atoms with Gasteiger partial charge >= 0.3 is 25.8 Å². The summed E-state index contributed by atoms with van der Waals surface area (Å²) in [5, 5.41) is 0. The Labute approximate surface area is 323 Å². The fourth-order valence-corrected chi connectivity index (χ4v) is 6.13. The van der Waals surface area contributed by atoms with Crippen molar-refractivity contribution in [3.63, 3.8) is 0 Å². The Hall–Kier alpha value is -2.58. The predicted octanol–water partition coefficient (Wildman–Crippen LogP) is 6.81. The second-order valence-corrected chi connectivity index (χ2v) is 15.3. The van der Waals surface area contributed by atoms with Crippen molar-refractivity contribution in [1.82, 2.24) is 0 Å². The topological polar surface area (TPSA) is 0 Å². The molecule has 250 valence electrons. The van der Waals surface area contributed by atoms with Crippen molar-refractivity contribution in [1.29, 1.82) is 0 Å². The molecule has 0 heterocycles. The third kappa shape index (κ3) is 9.99. The quantitative estimate of drug-likeness (QED) is 0.102. The zero-order valence-corrected chi connectivity index (χ0v) is 35.7. The van der Waals surface area contributed by atoms with Crippen LogP contribution in [0.1, 0.15) is 95.7 Å². The molecule has 1 aliphatic rings. The Morgan fingerprint density at radius 1 is 0.604 bits per heavy atom. The van der Waals surface area contributed by atoms with Gasteiger partial charge in [-0.25, -0.2) is 6.07 Å². The smallest absolute Gasteiger partial charge is 1.00 e. The molecular formula is C45H52Cl2Hf. The zero-order chi connectivity index (χ0) is 33.2. The second-order valence-electron chi connectivity index (χ2n) is 15.3. The van der Waals surface area contributed by atoms with Crippen molar-refractivity contribution in [2.45, 2.75) is 91.9 Å². The fraction of sp³-hybridized carbons (Fsp3) is 0.311. The van der Waals surface area contributed by atoms with Gasteiger partial charge in [0, 0.05) is 0 Å². The molecule has 3 heteroatoms. The Kier molecular flexibility index (Phi) is 15.7. The van der Waals surface area contributed by atoms with Gasteiger partial charge in [-0.2, -0.15) is 23.3 Å².